The molecule has 0 saturated heterocycles. The van der Waals surface area contributed by atoms with Crippen molar-refractivity contribution < 1.29 is 23.4 Å². The number of nitrogens with one attached hydrogen (secondary N) is 1. The number of hydrogen-bond donors (Lipinski definition) is 2. The number of alkyl carbamates (subject to hydrolysis) is 1. The number of halogens is 2. The first-order valence-electron chi connectivity index (χ1n) is 4.15. The van der Waals surface area contributed by atoms with E-state index in [2.05, 4.69) is 0 Å². The highest BCUT2D eigenvalue weighted by Crippen LogP contribution is 2.06. The van der Waals surface area contributed by atoms with Crippen LogP contribution in [0, 0.1) is 0 Å². The minimum atomic E-state index is -2.87. The summed E-state index contributed by atoms with van der Waals surface area (Å²) < 4.78 is 28.3. The van der Waals surface area contributed by atoms with E-state index in [4.69, 9.17) is 9.84 Å². The zero-order valence-corrected chi connectivity index (χ0v) is 8.38. The number of aliphatic hydroxyl groups is 1. The summed E-state index contributed by atoms with van der Waals surface area (Å²) >= 11 is 0. The minimum absolute atomic E-state index is 0.521. The average molecular weight is 211 g/mol. The lowest BCUT2D eigenvalue weighted by molar-refractivity contribution is -0.00623. The monoisotopic (exact) mass is 211 g/mol. The molecule has 0 aromatic heterocycles. The first-order chi connectivity index (χ1) is 6.22. The smallest absolute Gasteiger partial charge is 0.407 e. The average Bonchev–Trinajstić information content (AvgIpc) is 1.96. The van der Waals surface area contributed by atoms with Gasteiger partial charge in [0.15, 0.2) is 0 Å². The molecule has 0 rings (SSSR count). The van der Waals surface area contributed by atoms with Crippen LogP contribution in [0.5, 0.6) is 0 Å². The van der Waals surface area contributed by atoms with Crippen LogP contribution in [-0.2, 0) is 4.74 Å². The molecule has 1 amide bonds. The number of carbonyl (C=O) groups excluding carboxylic acids is 1. The highest BCUT2D eigenvalue weighted by molar-refractivity contribution is 5.67. The van der Waals surface area contributed by atoms with Crippen molar-refractivity contribution in [2.24, 2.45) is 0 Å². The second-order valence-corrected chi connectivity index (χ2v) is 3.78. The van der Waals surface area contributed by atoms with Crippen molar-refractivity contribution in [1.29, 1.82) is 0 Å². The number of alkyl halides is 2. The van der Waals surface area contributed by atoms with Gasteiger partial charge in [0.25, 0.3) is 6.43 Å². The van der Waals surface area contributed by atoms with E-state index >= 15 is 0 Å². The van der Waals surface area contributed by atoms with E-state index in [-0.39, 0.29) is 0 Å². The molecule has 0 radical (unpaired) electrons. The molecule has 0 heterocycles. The molecule has 0 spiro atoms. The van der Waals surface area contributed by atoms with Crippen molar-refractivity contribution in [3.63, 3.8) is 0 Å². The molecule has 0 aromatic carbocycles. The lowest BCUT2D eigenvalue weighted by atomic mass is 10.2. The molecule has 0 aliphatic carbocycles. The Hall–Kier alpha value is -0.910. The van der Waals surface area contributed by atoms with Gasteiger partial charge in [0.05, 0.1) is 6.54 Å². The second kappa shape index (κ2) is 5.09. The van der Waals surface area contributed by atoms with Crippen LogP contribution in [-0.4, -0.2) is 35.9 Å². The van der Waals surface area contributed by atoms with Crippen LogP contribution in [0.1, 0.15) is 20.8 Å². The summed E-state index contributed by atoms with van der Waals surface area (Å²) in [6.07, 6.45) is -5.55. The first-order valence-corrected chi connectivity index (χ1v) is 4.15. The molecule has 14 heavy (non-hydrogen) atoms. The third-order valence-corrected chi connectivity index (χ3v) is 1.15. The van der Waals surface area contributed by atoms with Crippen LogP contribution in [0.3, 0.4) is 0 Å². The van der Waals surface area contributed by atoms with Crippen LogP contribution in [0.2, 0.25) is 0 Å². The lowest BCUT2D eigenvalue weighted by Gasteiger charge is -2.20. The molecular weight excluding hydrogens is 196 g/mol. The Kier molecular flexibility index (Phi) is 4.76. The molecule has 0 aliphatic heterocycles. The van der Waals surface area contributed by atoms with Gasteiger partial charge in [-0.2, -0.15) is 0 Å². The van der Waals surface area contributed by atoms with Gasteiger partial charge in [0, 0.05) is 0 Å². The van der Waals surface area contributed by atoms with Gasteiger partial charge >= 0.3 is 6.09 Å². The molecule has 0 bridgehead atoms. The molecule has 2 N–H and O–H groups in total. The van der Waals surface area contributed by atoms with Gasteiger partial charge in [-0.3, -0.25) is 0 Å². The molecule has 4 nitrogen and oxygen atoms in total. The third kappa shape index (κ3) is 6.59. The van der Waals surface area contributed by atoms with Crippen LogP contribution in [0.25, 0.3) is 0 Å². The molecule has 0 fully saturated rings. The van der Waals surface area contributed by atoms with Crippen LogP contribution < -0.4 is 5.32 Å². The topological polar surface area (TPSA) is 58.6 Å². The summed E-state index contributed by atoms with van der Waals surface area (Å²) in [5.41, 5.74) is -0.681. The normalized spacial score (nSPS) is 13.9. The first kappa shape index (κ1) is 13.1. The standard InChI is InChI=1S/C8H15F2NO3/c1-8(2,3)14-7(13)11-4-5(12)6(9)10/h5-6,12H,4H2,1-3H3,(H,11,13)/t5-/m1/s1. The van der Waals surface area contributed by atoms with Crippen LogP contribution in [0.4, 0.5) is 13.6 Å². The van der Waals surface area contributed by atoms with Gasteiger partial charge in [0.2, 0.25) is 0 Å². The summed E-state index contributed by atoms with van der Waals surface area (Å²) in [7, 11) is 0. The van der Waals surface area contributed by atoms with E-state index < -0.39 is 30.8 Å². The third-order valence-electron chi connectivity index (χ3n) is 1.15. The molecule has 84 valence electrons. The molecular formula is C8H15F2NO3. The van der Waals surface area contributed by atoms with Gasteiger partial charge < -0.3 is 15.2 Å². The van der Waals surface area contributed by atoms with Gasteiger partial charge in [-0.05, 0) is 20.8 Å². The van der Waals surface area contributed by atoms with E-state index in [9.17, 15) is 13.6 Å². The van der Waals surface area contributed by atoms with E-state index in [0.29, 0.717) is 0 Å². The van der Waals surface area contributed by atoms with Gasteiger partial charge in [-0.25, -0.2) is 13.6 Å². The maximum atomic E-state index is 11.8. The number of aliphatic hydroxyl groups excluding tert-OH is 1. The Morgan fingerprint density at radius 1 is 1.50 bits per heavy atom. The lowest BCUT2D eigenvalue weighted by Crippen LogP contribution is -2.39. The number of amides is 1. The van der Waals surface area contributed by atoms with Crippen molar-refractivity contribution in [3.8, 4) is 0 Å². The van der Waals surface area contributed by atoms with Crippen molar-refractivity contribution >= 4 is 6.09 Å². The summed E-state index contributed by atoms with van der Waals surface area (Å²) in [6.45, 7) is 4.43. The Morgan fingerprint density at radius 2 is 2.00 bits per heavy atom. The Morgan fingerprint density at radius 3 is 2.36 bits per heavy atom. The van der Waals surface area contributed by atoms with E-state index in [1.165, 1.54) is 0 Å². The maximum Gasteiger partial charge on any atom is 0.407 e. The Labute approximate surface area is 81.2 Å². The van der Waals surface area contributed by atoms with Gasteiger partial charge in [-0.1, -0.05) is 0 Å². The van der Waals surface area contributed by atoms with Crippen molar-refractivity contribution in [2.45, 2.75) is 38.9 Å². The second-order valence-electron chi connectivity index (χ2n) is 3.78. The Bertz CT molecular complexity index is 192. The number of hydrogen-bond acceptors (Lipinski definition) is 3. The fourth-order valence-corrected chi connectivity index (χ4v) is 0.591. The summed E-state index contributed by atoms with van der Waals surface area (Å²) in [5.74, 6) is 0. The quantitative estimate of drug-likeness (QED) is 0.735. The van der Waals surface area contributed by atoms with Crippen LogP contribution >= 0.6 is 0 Å². The molecule has 0 saturated carbocycles. The highest BCUT2D eigenvalue weighted by Gasteiger charge is 2.20. The Balaban J connectivity index is 3.75. The minimum Gasteiger partial charge on any atom is -0.444 e. The molecule has 1 atom stereocenters. The number of carbonyl (C=O) groups is 1. The fraction of sp³-hybridized carbons (Fsp3) is 0.875. The van der Waals surface area contributed by atoms with Crippen molar-refractivity contribution in [2.75, 3.05) is 6.54 Å². The van der Waals surface area contributed by atoms with E-state index in [0.717, 1.165) is 0 Å². The fourth-order valence-electron chi connectivity index (χ4n) is 0.591. The molecule has 6 heteroatoms. The number of ether oxygens (including phenoxy) is 1. The summed E-state index contributed by atoms with van der Waals surface area (Å²) in [5, 5.41) is 10.7. The maximum absolute atomic E-state index is 11.8. The zero-order valence-electron chi connectivity index (χ0n) is 8.38. The predicted octanol–water partition coefficient (Wildman–Crippen LogP) is 1.14. The van der Waals surface area contributed by atoms with Gasteiger partial charge in [-0.15, -0.1) is 0 Å². The largest absolute Gasteiger partial charge is 0.444 e. The molecule has 0 aromatic rings. The predicted molar refractivity (Wildman–Crippen MR) is 46.2 cm³/mol. The molecule has 0 unspecified atom stereocenters. The van der Waals surface area contributed by atoms with E-state index in [1.54, 1.807) is 20.8 Å². The van der Waals surface area contributed by atoms with Gasteiger partial charge in [0.1, 0.15) is 11.7 Å². The summed E-state index contributed by atoms with van der Waals surface area (Å²) in [6, 6.07) is 0. The highest BCUT2D eigenvalue weighted by atomic mass is 19.3. The number of rotatable bonds is 3. The zero-order chi connectivity index (χ0) is 11.4. The summed E-state index contributed by atoms with van der Waals surface area (Å²) in [4.78, 5) is 10.9. The molecule has 0 aliphatic rings. The van der Waals surface area contributed by atoms with Crippen molar-refractivity contribution in [3.05, 3.63) is 0 Å². The van der Waals surface area contributed by atoms with Crippen LogP contribution in [0.15, 0.2) is 0 Å². The van der Waals surface area contributed by atoms with Crippen molar-refractivity contribution in [1.82, 2.24) is 5.32 Å². The SMILES string of the molecule is CC(C)(C)OC(=O)NC[C@@H](O)C(F)F. The van der Waals surface area contributed by atoms with E-state index in [1.807, 2.05) is 5.32 Å².